The molecule has 0 aliphatic carbocycles. The van der Waals surface area contributed by atoms with E-state index in [4.69, 9.17) is 4.74 Å². The quantitative estimate of drug-likeness (QED) is 0.335. The van der Waals surface area contributed by atoms with Crippen LogP contribution in [0.5, 0.6) is 5.88 Å². The van der Waals surface area contributed by atoms with E-state index in [1.807, 2.05) is 6.92 Å². The molecule has 1 aromatic carbocycles. The number of pyridine rings is 2. The number of carboxylic acids is 1. The molecule has 0 amide bonds. The smallest absolute Gasteiger partial charge is 0.452 e. The summed E-state index contributed by atoms with van der Waals surface area (Å²) < 4.78 is 75.7. The van der Waals surface area contributed by atoms with Gasteiger partial charge < -0.3 is 9.84 Å². The first-order valence-corrected chi connectivity index (χ1v) is 14.4. The van der Waals surface area contributed by atoms with Crippen molar-refractivity contribution in [2.24, 2.45) is 0 Å². The maximum Gasteiger partial charge on any atom is 0.452 e. The fraction of sp³-hybridized carbons (Fsp3) is 0.357. The topological polar surface area (TPSA) is 127 Å². The Morgan fingerprint density at radius 1 is 1.17 bits per heavy atom. The molecular formula is C28H28F3N5O5S. The molecule has 0 saturated carbocycles. The van der Waals surface area contributed by atoms with Crippen LogP contribution in [-0.4, -0.2) is 55.5 Å². The van der Waals surface area contributed by atoms with Gasteiger partial charge in [0.15, 0.2) is 5.65 Å². The summed E-state index contributed by atoms with van der Waals surface area (Å²) in [5, 5.41) is 16.8. The molecule has 1 aliphatic rings. The molecule has 4 aromatic rings. The molecule has 0 fully saturated rings. The van der Waals surface area contributed by atoms with Gasteiger partial charge in [-0.25, -0.2) is 13.4 Å². The van der Waals surface area contributed by atoms with Gasteiger partial charge in [-0.3, -0.25) is 9.20 Å². The number of sulfonamides is 1. The third kappa shape index (κ3) is 5.43. The van der Waals surface area contributed by atoms with Crippen LogP contribution in [0.2, 0.25) is 0 Å². The van der Waals surface area contributed by atoms with E-state index in [1.165, 1.54) is 34.9 Å². The predicted molar refractivity (Wildman–Crippen MR) is 145 cm³/mol. The van der Waals surface area contributed by atoms with Crippen LogP contribution in [-0.2, 0) is 27.5 Å². The number of benzene rings is 1. The lowest BCUT2D eigenvalue weighted by atomic mass is 9.85. The van der Waals surface area contributed by atoms with Crippen molar-refractivity contribution in [2.75, 3.05) is 6.54 Å². The van der Waals surface area contributed by atoms with Crippen molar-refractivity contribution in [1.29, 1.82) is 0 Å². The molecule has 4 heterocycles. The lowest BCUT2D eigenvalue weighted by Crippen LogP contribution is -2.42. The number of aryl methyl sites for hydroxylation is 2. The van der Waals surface area contributed by atoms with Crippen LogP contribution in [0.1, 0.15) is 59.8 Å². The monoisotopic (exact) mass is 603 g/mol. The van der Waals surface area contributed by atoms with E-state index in [1.54, 1.807) is 39.0 Å². The normalized spacial score (nSPS) is 17.3. The van der Waals surface area contributed by atoms with E-state index in [0.29, 0.717) is 22.3 Å². The average molecular weight is 604 g/mol. The molecule has 1 atom stereocenters. The minimum atomic E-state index is -4.72. The van der Waals surface area contributed by atoms with Crippen molar-refractivity contribution < 1.29 is 36.2 Å². The molecule has 3 aromatic heterocycles. The number of nitrogens with zero attached hydrogens (tertiary/aromatic N) is 5. The van der Waals surface area contributed by atoms with Crippen molar-refractivity contribution in [3.05, 3.63) is 82.4 Å². The number of aromatic nitrogens is 4. The number of aliphatic carboxylic acids is 1. The van der Waals surface area contributed by atoms with Crippen LogP contribution < -0.4 is 4.74 Å². The summed E-state index contributed by atoms with van der Waals surface area (Å²) in [7, 11) is -4.01. The number of hydrogen-bond acceptors (Lipinski definition) is 7. The average Bonchev–Trinajstić information content (AvgIpc) is 3.31. The van der Waals surface area contributed by atoms with Crippen LogP contribution in [0, 0.1) is 13.8 Å². The molecular weight excluding hydrogens is 575 g/mol. The number of alkyl halides is 3. The fourth-order valence-electron chi connectivity index (χ4n) is 5.25. The SMILES string of the molecule is Cc1ccc(C(CC(=O)O)c2ccn3c(C(F)(F)F)nnc3c2C)cc1CN1CC(C)(C)Oc2ncccc2S1(=O)=O. The van der Waals surface area contributed by atoms with Crippen molar-refractivity contribution in [3.63, 3.8) is 0 Å². The van der Waals surface area contributed by atoms with Crippen LogP contribution in [0.3, 0.4) is 0 Å². The van der Waals surface area contributed by atoms with E-state index in [2.05, 4.69) is 15.2 Å². The van der Waals surface area contributed by atoms with Crippen molar-refractivity contribution in [1.82, 2.24) is 23.9 Å². The van der Waals surface area contributed by atoms with Crippen LogP contribution in [0.25, 0.3) is 5.65 Å². The Labute approximate surface area is 239 Å². The Balaban J connectivity index is 1.57. The van der Waals surface area contributed by atoms with E-state index < -0.39 is 39.5 Å². The Kier molecular flexibility index (Phi) is 7.26. The Bertz CT molecular complexity index is 1800. The fourth-order valence-corrected chi connectivity index (χ4v) is 6.88. The molecule has 0 saturated heterocycles. The molecule has 0 spiro atoms. The number of hydrogen-bond donors (Lipinski definition) is 1. The number of carbonyl (C=O) groups is 1. The lowest BCUT2D eigenvalue weighted by Gasteiger charge is -2.29. The maximum atomic E-state index is 13.7. The molecule has 5 rings (SSSR count). The minimum absolute atomic E-state index is 0.0185. The number of halogens is 3. The molecule has 14 heteroatoms. The number of ether oxygens (including phenoxy) is 1. The molecule has 0 bridgehead atoms. The van der Waals surface area contributed by atoms with E-state index in [-0.39, 0.29) is 35.9 Å². The molecule has 222 valence electrons. The van der Waals surface area contributed by atoms with Gasteiger partial charge in [0.1, 0.15) is 10.5 Å². The van der Waals surface area contributed by atoms with Crippen LogP contribution in [0.15, 0.2) is 53.7 Å². The highest BCUT2D eigenvalue weighted by atomic mass is 32.2. The summed E-state index contributed by atoms with van der Waals surface area (Å²) in [5.74, 6) is -3.04. The number of fused-ring (bicyclic) bond motifs is 2. The predicted octanol–water partition coefficient (Wildman–Crippen LogP) is 4.73. The highest BCUT2D eigenvalue weighted by Crippen LogP contribution is 2.37. The molecule has 1 N–H and O–H groups in total. The summed E-state index contributed by atoms with van der Waals surface area (Å²) in [5.41, 5.74) is 1.86. The highest BCUT2D eigenvalue weighted by molar-refractivity contribution is 7.89. The first-order chi connectivity index (χ1) is 19.6. The lowest BCUT2D eigenvalue weighted by molar-refractivity contribution is -0.145. The Hall–Kier alpha value is -4.04. The van der Waals surface area contributed by atoms with Crippen molar-refractivity contribution in [2.45, 2.75) is 63.3 Å². The standard InChI is InChI=1S/C28H28F3N5O5S/c1-16-7-8-18(12-19(16)14-35-15-27(3,4)41-25-22(42(35,39)40)6-5-10-32-25)21(13-23(37)38)20-9-11-36-24(17(20)2)33-34-26(36)28(29,30)31/h5-12,21H,13-15H2,1-4H3,(H,37,38). The van der Waals surface area contributed by atoms with Gasteiger partial charge in [0.25, 0.3) is 0 Å². The van der Waals surface area contributed by atoms with Gasteiger partial charge in [-0.1, -0.05) is 18.2 Å². The highest BCUT2D eigenvalue weighted by Gasteiger charge is 2.40. The van der Waals surface area contributed by atoms with Gasteiger partial charge in [-0.15, -0.1) is 10.2 Å². The van der Waals surface area contributed by atoms with E-state index >= 15 is 0 Å². The van der Waals surface area contributed by atoms with Crippen LogP contribution in [0.4, 0.5) is 13.2 Å². The summed E-state index contributed by atoms with van der Waals surface area (Å²) >= 11 is 0. The second-order valence-electron chi connectivity index (χ2n) is 10.9. The first kappa shape index (κ1) is 29.5. The second kappa shape index (κ2) is 10.3. The Morgan fingerprint density at radius 2 is 1.90 bits per heavy atom. The molecule has 1 unspecified atom stereocenters. The molecule has 10 nitrogen and oxygen atoms in total. The van der Waals surface area contributed by atoms with Crippen molar-refractivity contribution in [3.8, 4) is 5.88 Å². The van der Waals surface area contributed by atoms with Crippen molar-refractivity contribution >= 4 is 21.6 Å². The third-order valence-electron chi connectivity index (χ3n) is 7.28. The van der Waals surface area contributed by atoms with Gasteiger partial charge in [0.05, 0.1) is 13.0 Å². The largest absolute Gasteiger partial charge is 0.481 e. The summed E-state index contributed by atoms with van der Waals surface area (Å²) in [6.45, 7) is 6.91. The van der Waals surface area contributed by atoms with Gasteiger partial charge >= 0.3 is 12.1 Å². The maximum absolute atomic E-state index is 13.7. The Morgan fingerprint density at radius 3 is 2.60 bits per heavy atom. The molecule has 0 radical (unpaired) electrons. The molecule has 1 aliphatic heterocycles. The summed E-state index contributed by atoms with van der Waals surface area (Å²) in [6, 6.07) is 9.65. The van der Waals surface area contributed by atoms with E-state index in [9.17, 15) is 31.5 Å². The third-order valence-corrected chi connectivity index (χ3v) is 9.09. The summed E-state index contributed by atoms with van der Waals surface area (Å²) in [6.07, 6.45) is -2.44. The zero-order chi connectivity index (χ0) is 30.6. The van der Waals surface area contributed by atoms with Gasteiger partial charge in [0.2, 0.25) is 21.7 Å². The summed E-state index contributed by atoms with van der Waals surface area (Å²) in [4.78, 5) is 16.0. The molecule has 42 heavy (non-hydrogen) atoms. The number of rotatable bonds is 6. The number of carboxylic acid groups (broad SMARTS) is 1. The first-order valence-electron chi connectivity index (χ1n) is 13.0. The zero-order valence-electron chi connectivity index (χ0n) is 23.2. The van der Waals surface area contributed by atoms with Gasteiger partial charge in [0, 0.05) is 24.9 Å². The van der Waals surface area contributed by atoms with Gasteiger partial charge in [-0.05, 0) is 73.7 Å². The van der Waals surface area contributed by atoms with Gasteiger partial charge in [-0.2, -0.15) is 17.5 Å². The minimum Gasteiger partial charge on any atom is -0.481 e. The zero-order valence-corrected chi connectivity index (χ0v) is 24.0. The second-order valence-corrected chi connectivity index (χ2v) is 12.8. The van der Waals surface area contributed by atoms with E-state index in [0.717, 1.165) is 9.96 Å². The van der Waals surface area contributed by atoms with Crippen LogP contribution >= 0.6 is 0 Å².